The van der Waals surface area contributed by atoms with Crippen molar-refractivity contribution < 1.29 is 24.0 Å². The minimum absolute atomic E-state index is 0.00913. The highest BCUT2D eigenvalue weighted by molar-refractivity contribution is 6.31. The zero-order valence-electron chi connectivity index (χ0n) is 21.5. The number of ether oxygens (including phenoxy) is 1. The van der Waals surface area contributed by atoms with Crippen molar-refractivity contribution in [1.82, 2.24) is 5.43 Å². The van der Waals surface area contributed by atoms with Gasteiger partial charge in [0.15, 0.2) is 0 Å². The molecule has 0 aliphatic heterocycles. The highest BCUT2D eigenvalue weighted by atomic mass is 35.5. The summed E-state index contributed by atoms with van der Waals surface area (Å²) in [6.07, 6.45) is 3.83. The van der Waals surface area contributed by atoms with Crippen LogP contribution in [0.3, 0.4) is 0 Å². The van der Waals surface area contributed by atoms with Gasteiger partial charge in [0.05, 0.1) is 11.1 Å². The number of amides is 2. The largest absolute Gasteiger partial charge is 0.423 e. The highest BCUT2D eigenvalue weighted by Crippen LogP contribution is 2.23. The topological polar surface area (TPSA) is 140 Å². The summed E-state index contributed by atoms with van der Waals surface area (Å²) in [5.41, 5.74) is 3.95. The molecule has 0 radical (unpaired) electrons. The number of nitro groups is 1. The zero-order chi connectivity index (χ0) is 30.1. The first-order valence-electron chi connectivity index (χ1n) is 12.1. The Bertz CT molecular complexity index is 1690. The van der Waals surface area contributed by atoms with Crippen LogP contribution in [0.1, 0.15) is 31.8 Å². The third kappa shape index (κ3) is 8.34. The summed E-state index contributed by atoms with van der Waals surface area (Å²) in [5.74, 6) is -1.68. The van der Waals surface area contributed by atoms with Crippen molar-refractivity contribution in [1.29, 1.82) is 0 Å². The lowest BCUT2D eigenvalue weighted by Crippen LogP contribution is -2.18. The number of nitro benzene ring substituents is 1. The molecule has 2 N–H and O–H groups in total. The Morgan fingerprint density at radius 3 is 2.05 bits per heavy atom. The van der Waals surface area contributed by atoms with Crippen molar-refractivity contribution in [2.45, 2.75) is 0 Å². The molecule has 0 spiro atoms. The molecule has 0 aliphatic carbocycles. The summed E-state index contributed by atoms with van der Waals surface area (Å²) in [7, 11) is 0. The summed E-state index contributed by atoms with van der Waals surface area (Å²) in [6, 6.07) is 22.8. The molecule has 0 heterocycles. The van der Waals surface area contributed by atoms with E-state index < -0.39 is 16.8 Å². The zero-order valence-corrected chi connectivity index (χ0v) is 23.0. The molecule has 0 bridgehead atoms. The maximum absolute atomic E-state index is 12.6. The first-order chi connectivity index (χ1) is 20.2. The number of carbonyl (C=O) groups is 3. The minimum Gasteiger partial charge on any atom is -0.423 e. The maximum Gasteiger partial charge on any atom is 0.336 e. The number of anilines is 1. The Hall–Kier alpha value is -5.32. The lowest BCUT2D eigenvalue weighted by atomic mass is 10.1. The average Bonchev–Trinajstić information content (AvgIpc) is 2.98. The van der Waals surface area contributed by atoms with Crippen LogP contribution >= 0.6 is 23.2 Å². The normalized spacial score (nSPS) is 10.9. The molecule has 4 rings (SSSR count). The average molecular weight is 603 g/mol. The third-order valence-electron chi connectivity index (χ3n) is 5.58. The second-order valence-electron chi connectivity index (χ2n) is 8.52. The molecule has 0 aromatic heterocycles. The monoisotopic (exact) mass is 602 g/mol. The van der Waals surface area contributed by atoms with Gasteiger partial charge in [-0.25, -0.2) is 10.2 Å². The van der Waals surface area contributed by atoms with Gasteiger partial charge in [0.1, 0.15) is 5.75 Å². The highest BCUT2D eigenvalue weighted by Gasteiger charge is 2.13. The first kappa shape index (κ1) is 29.7. The number of non-ortho nitro benzene ring substituents is 1. The molecule has 4 aromatic carbocycles. The molecule has 2 amide bonds. The number of nitrogens with one attached hydrogen (secondary N) is 2. The van der Waals surface area contributed by atoms with Crippen molar-refractivity contribution in [3.8, 4) is 5.75 Å². The molecule has 210 valence electrons. The van der Waals surface area contributed by atoms with Crippen LogP contribution in [0.25, 0.3) is 6.08 Å². The molecule has 12 heteroatoms. The lowest BCUT2D eigenvalue weighted by Gasteiger charge is -2.07. The van der Waals surface area contributed by atoms with Gasteiger partial charge in [-0.05, 0) is 78.4 Å². The van der Waals surface area contributed by atoms with E-state index in [1.54, 1.807) is 60.7 Å². The van der Waals surface area contributed by atoms with Crippen molar-refractivity contribution in [2.24, 2.45) is 5.10 Å². The lowest BCUT2D eigenvalue weighted by molar-refractivity contribution is -0.384. The fourth-order valence-corrected chi connectivity index (χ4v) is 3.71. The maximum atomic E-state index is 12.6. The number of hydrogen-bond donors (Lipinski definition) is 2. The molecule has 10 nitrogen and oxygen atoms in total. The van der Waals surface area contributed by atoms with E-state index in [0.717, 1.165) is 12.3 Å². The van der Waals surface area contributed by atoms with Gasteiger partial charge < -0.3 is 10.1 Å². The Morgan fingerprint density at radius 1 is 0.810 bits per heavy atom. The summed E-state index contributed by atoms with van der Waals surface area (Å²) >= 11 is 11.7. The SMILES string of the molecule is O=C(/C=C/c1ccc(Cl)cc1)Oc1ccc([N+](=O)[O-])cc1/C=N/NC(=O)c1ccc(NC(=O)c2ccc(Cl)cc2)cc1. The van der Waals surface area contributed by atoms with Crippen molar-refractivity contribution in [2.75, 3.05) is 5.32 Å². The number of esters is 1. The predicted molar refractivity (Wildman–Crippen MR) is 160 cm³/mol. The number of hydrazone groups is 1. The Labute approximate surface area is 249 Å². The standard InChI is InChI=1S/C30H20Cl2N4O6/c31-23-8-1-19(2-9-23)3-16-28(37)42-27-15-14-26(36(40)41)17-22(27)18-33-35-30(39)21-6-12-25(13-7-21)34-29(38)20-4-10-24(32)11-5-20/h1-18H,(H,34,38)(H,35,39)/b16-3+,33-18+. The van der Waals surface area contributed by atoms with Crippen LogP contribution in [-0.4, -0.2) is 28.9 Å². The number of rotatable bonds is 9. The summed E-state index contributed by atoms with van der Waals surface area (Å²) in [6.45, 7) is 0. The van der Waals surface area contributed by atoms with Crippen LogP contribution in [0.4, 0.5) is 11.4 Å². The summed E-state index contributed by atoms with van der Waals surface area (Å²) in [5, 5.41) is 18.9. The summed E-state index contributed by atoms with van der Waals surface area (Å²) in [4.78, 5) is 47.9. The van der Waals surface area contributed by atoms with E-state index in [4.69, 9.17) is 27.9 Å². The minimum atomic E-state index is -0.735. The number of nitrogens with zero attached hydrogens (tertiary/aromatic N) is 2. The number of halogens is 2. The van der Waals surface area contributed by atoms with Gasteiger partial charge in [-0.2, -0.15) is 5.10 Å². The Morgan fingerprint density at radius 2 is 1.40 bits per heavy atom. The van der Waals surface area contributed by atoms with Crippen LogP contribution < -0.4 is 15.5 Å². The molecule has 0 saturated heterocycles. The Kier molecular flexibility index (Phi) is 9.77. The van der Waals surface area contributed by atoms with Crippen molar-refractivity contribution in [3.05, 3.63) is 139 Å². The van der Waals surface area contributed by atoms with E-state index in [1.165, 1.54) is 36.4 Å². The molecular formula is C30H20Cl2N4O6. The van der Waals surface area contributed by atoms with Crippen LogP contribution in [0.15, 0.2) is 102 Å². The van der Waals surface area contributed by atoms with E-state index in [2.05, 4.69) is 15.8 Å². The number of carbonyl (C=O) groups excluding carboxylic acids is 3. The predicted octanol–water partition coefficient (Wildman–Crippen LogP) is 6.54. The van der Waals surface area contributed by atoms with Gasteiger partial charge in [0.25, 0.3) is 17.5 Å². The third-order valence-corrected chi connectivity index (χ3v) is 6.08. The molecule has 0 atom stereocenters. The first-order valence-corrected chi connectivity index (χ1v) is 12.9. The van der Waals surface area contributed by atoms with Crippen LogP contribution in [-0.2, 0) is 4.79 Å². The quantitative estimate of drug-likeness (QED) is 0.0556. The summed E-state index contributed by atoms with van der Waals surface area (Å²) < 4.78 is 5.33. The van der Waals surface area contributed by atoms with Gasteiger partial charge in [-0.3, -0.25) is 19.7 Å². The van der Waals surface area contributed by atoms with Crippen molar-refractivity contribution in [3.63, 3.8) is 0 Å². The van der Waals surface area contributed by atoms with Gasteiger partial charge in [0.2, 0.25) is 0 Å². The number of benzene rings is 4. The molecule has 0 aliphatic rings. The van der Waals surface area contributed by atoms with E-state index in [9.17, 15) is 24.5 Å². The van der Waals surface area contributed by atoms with Gasteiger partial charge >= 0.3 is 5.97 Å². The van der Waals surface area contributed by atoms with Crippen LogP contribution in [0, 0.1) is 10.1 Å². The fourth-order valence-electron chi connectivity index (χ4n) is 3.46. The smallest absolute Gasteiger partial charge is 0.336 e. The van der Waals surface area contributed by atoms with Crippen LogP contribution in [0.5, 0.6) is 5.75 Å². The Balaban J connectivity index is 1.40. The molecule has 4 aromatic rings. The van der Waals surface area contributed by atoms with E-state index in [0.29, 0.717) is 26.9 Å². The van der Waals surface area contributed by atoms with Gasteiger partial charge in [-0.15, -0.1) is 0 Å². The van der Waals surface area contributed by atoms with Gasteiger partial charge in [-0.1, -0.05) is 35.3 Å². The number of hydrogen-bond acceptors (Lipinski definition) is 7. The molecule has 42 heavy (non-hydrogen) atoms. The van der Waals surface area contributed by atoms with Crippen LogP contribution in [0.2, 0.25) is 10.0 Å². The van der Waals surface area contributed by atoms with E-state index in [1.807, 2.05) is 0 Å². The second kappa shape index (κ2) is 13.8. The second-order valence-corrected chi connectivity index (χ2v) is 9.40. The van der Waals surface area contributed by atoms with E-state index in [-0.39, 0.29) is 28.5 Å². The molecule has 0 unspecified atom stereocenters. The molecule has 0 fully saturated rings. The van der Waals surface area contributed by atoms with Crippen molar-refractivity contribution >= 4 is 64.7 Å². The van der Waals surface area contributed by atoms with Gasteiger partial charge in [0, 0.05) is 50.6 Å². The molecule has 0 saturated carbocycles. The molecular weight excluding hydrogens is 583 g/mol. The fraction of sp³-hybridized carbons (Fsp3) is 0. The van der Waals surface area contributed by atoms with E-state index >= 15 is 0 Å².